The number of imidazole rings is 1. The quantitative estimate of drug-likeness (QED) is 0.406. The van der Waals surface area contributed by atoms with E-state index < -0.39 is 4.92 Å². The number of fused-ring (bicyclic) bond motifs is 1. The summed E-state index contributed by atoms with van der Waals surface area (Å²) in [5.74, 6) is 0.445. The van der Waals surface area contributed by atoms with Crippen molar-refractivity contribution in [1.82, 2.24) is 9.55 Å². The summed E-state index contributed by atoms with van der Waals surface area (Å²) in [5.41, 5.74) is 4.03. The lowest BCUT2D eigenvalue weighted by atomic mass is 10.1. The first kappa shape index (κ1) is 18.4. The van der Waals surface area contributed by atoms with Gasteiger partial charge in [0.2, 0.25) is 0 Å². The first-order chi connectivity index (χ1) is 14.0. The molecule has 7 heteroatoms. The highest BCUT2D eigenvalue weighted by Crippen LogP contribution is 2.26. The number of benzene rings is 3. The van der Waals surface area contributed by atoms with E-state index >= 15 is 0 Å². The Kier molecular flexibility index (Phi) is 4.56. The number of hydrogen-bond donors (Lipinski definition) is 1. The van der Waals surface area contributed by atoms with E-state index in [2.05, 4.69) is 10.3 Å². The molecule has 7 nitrogen and oxygen atoms in total. The highest BCUT2D eigenvalue weighted by molar-refractivity contribution is 6.06. The summed E-state index contributed by atoms with van der Waals surface area (Å²) in [7, 11) is 1.96. The van der Waals surface area contributed by atoms with Gasteiger partial charge in [-0.25, -0.2) is 4.98 Å². The molecule has 0 aliphatic heterocycles. The molecule has 0 saturated carbocycles. The molecule has 4 aromatic rings. The molecule has 29 heavy (non-hydrogen) atoms. The number of nitrogens with zero attached hydrogens (tertiary/aromatic N) is 3. The Morgan fingerprint density at radius 1 is 1.03 bits per heavy atom. The number of nitro groups is 1. The van der Waals surface area contributed by atoms with E-state index in [-0.39, 0.29) is 17.2 Å². The van der Waals surface area contributed by atoms with E-state index in [4.69, 9.17) is 0 Å². The molecule has 4 rings (SSSR count). The summed E-state index contributed by atoms with van der Waals surface area (Å²) in [4.78, 5) is 27.9. The molecule has 1 heterocycles. The number of aryl methyl sites for hydroxylation is 1. The van der Waals surface area contributed by atoms with Crippen LogP contribution in [0, 0.1) is 17.0 Å². The van der Waals surface area contributed by atoms with Crippen LogP contribution in [0.5, 0.6) is 0 Å². The second-order valence-electron chi connectivity index (χ2n) is 6.72. The zero-order valence-corrected chi connectivity index (χ0v) is 15.9. The number of nitrogens with one attached hydrogen (secondary N) is 1. The van der Waals surface area contributed by atoms with E-state index in [9.17, 15) is 14.9 Å². The van der Waals surface area contributed by atoms with E-state index in [0.29, 0.717) is 11.3 Å². The van der Waals surface area contributed by atoms with Gasteiger partial charge in [0.25, 0.3) is 11.6 Å². The van der Waals surface area contributed by atoms with Crippen molar-refractivity contribution >= 4 is 28.3 Å². The number of anilines is 1. The number of carbonyl (C=O) groups is 1. The maximum atomic E-state index is 12.6. The molecule has 0 bridgehead atoms. The molecule has 0 atom stereocenters. The smallest absolute Gasteiger partial charge is 0.273 e. The zero-order valence-electron chi connectivity index (χ0n) is 15.9. The van der Waals surface area contributed by atoms with Gasteiger partial charge in [-0.3, -0.25) is 14.9 Å². The third kappa shape index (κ3) is 3.34. The van der Waals surface area contributed by atoms with Crippen LogP contribution < -0.4 is 5.32 Å². The van der Waals surface area contributed by atoms with Crippen molar-refractivity contribution < 1.29 is 9.72 Å². The largest absolute Gasteiger partial charge is 0.327 e. The average Bonchev–Trinajstić information content (AvgIpc) is 3.05. The van der Waals surface area contributed by atoms with Crippen LogP contribution in [0.2, 0.25) is 0 Å². The summed E-state index contributed by atoms with van der Waals surface area (Å²) in [6, 6.07) is 19.7. The van der Waals surface area contributed by atoms with Crippen LogP contribution in [-0.4, -0.2) is 20.4 Å². The van der Waals surface area contributed by atoms with Gasteiger partial charge in [-0.05, 0) is 49.4 Å². The normalized spacial score (nSPS) is 10.8. The van der Waals surface area contributed by atoms with Gasteiger partial charge in [-0.2, -0.15) is 0 Å². The van der Waals surface area contributed by atoms with Crippen LogP contribution in [0.4, 0.5) is 11.4 Å². The molecule has 0 unspecified atom stereocenters. The Bertz CT molecular complexity index is 1240. The number of aromatic nitrogens is 2. The van der Waals surface area contributed by atoms with Crippen LogP contribution in [0.3, 0.4) is 0 Å². The van der Waals surface area contributed by atoms with Crippen LogP contribution in [0.1, 0.15) is 15.9 Å². The second-order valence-corrected chi connectivity index (χ2v) is 6.72. The van der Waals surface area contributed by atoms with Gasteiger partial charge in [-0.15, -0.1) is 0 Å². The first-order valence-corrected chi connectivity index (χ1v) is 9.03. The standard InChI is InChI=1S/C22H18N4O3/c1-14-17(6-5-9-19(14)26(28)29)22(27)23-16-12-10-15(11-13-16)21-24-18-7-3-4-8-20(18)25(21)2/h3-13H,1-2H3,(H,23,27). The minimum atomic E-state index is -0.488. The fourth-order valence-electron chi connectivity index (χ4n) is 3.37. The summed E-state index contributed by atoms with van der Waals surface area (Å²) in [5, 5.41) is 13.9. The van der Waals surface area contributed by atoms with E-state index in [1.165, 1.54) is 12.1 Å². The van der Waals surface area contributed by atoms with Crippen molar-refractivity contribution in [2.45, 2.75) is 6.92 Å². The summed E-state index contributed by atoms with van der Waals surface area (Å²) < 4.78 is 2.02. The van der Waals surface area contributed by atoms with Gasteiger partial charge in [0, 0.05) is 35.5 Å². The molecule has 3 aromatic carbocycles. The van der Waals surface area contributed by atoms with Crippen molar-refractivity contribution in [3.8, 4) is 11.4 Å². The molecule has 1 N–H and O–H groups in total. The maximum absolute atomic E-state index is 12.6. The Labute approximate surface area is 166 Å². The minimum absolute atomic E-state index is 0.0742. The van der Waals surface area contributed by atoms with E-state index in [0.717, 1.165) is 22.4 Å². The molecule has 0 aliphatic carbocycles. The van der Waals surface area contributed by atoms with Gasteiger partial charge in [0.15, 0.2) is 0 Å². The molecule has 1 aromatic heterocycles. The molecule has 0 spiro atoms. The summed E-state index contributed by atoms with van der Waals surface area (Å²) >= 11 is 0. The topological polar surface area (TPSA) is 90.1 Å². The van der Waals surface area contributed by atoms with Crippen molar-refractivity contribution in [2.75, 3.05) is 5.32 Å². The summed E-state index contributed by atoms with van der Waals surface area (Å²) in [6.45, 7) is 1.57. The third-order valence-electron chi connectivity index (χ3n) is 4.93. The number of hydrogen-bond acceptors (Lipinski definition) is 4. The van der Waals surface area contributed by atoms with Crippen LogP contribution in [0.25, 0.3) is 22.4 Å². The number of nitro benzene ring substituents is 1. The van der Waals surface area contributed by atoms with Gasteiger partial charge in [0.1, 0.15) is 5.82 Å². The molecular formula is C22H18N4O3. The highest BCUT2D eigenvalue weighted by Gasteiger charge is 2.18. The number of para-hydroxylation sites is 2. The van der Waals surface area contributed by atoms with E-state index in [1.54, 1.807) is 25.1 Å². The van der Waals surface area contributed by atoms with Crippen molar-refractivity contribution in [2.24, 2.45) is 7.05 Å². The highest BCUT2D eigenvalue weighted by atomic mass is 16.6. The average molecular weight is 386 g/mol. The molecule has 0 radical (unpaired) electrons. The molecule has 144 valence electrons. The van der Waals surface area contributed by atoms with Gasteiger partial charge in [0.05, 0.1) is 16.0 Å². The third-order valence-corrected chi connectivity index (χ3v) is 4.93. The predicted molar refractivity (Wildman–Crippen MR) is 112 cm³/mol. The lowest BCUT2D eigenvalue weighted by Gasteiger charge is -2.09. The van der Waals surface area contributed by atoms with Gasteiger partial charge >= 0.3 is 0 Å². The Morgan fingerprint density at radius 3 is 2.45 bits per heavy atom. The fraction of sp³-hybridized carbons (Fsp3) is 0.0909. The molecule has 0 fully saturated rings. The number of amides is 1. The molecular weight excluding hydrogens is 368 g/mol. The lowest BCUT2D eigenvalue weighted by Crippen LogP contribution is -2.14. The second kappa shape index (κ2) is 7.20. The van der Waals surface area contributed by atoms with Gasteiger partial charge < -0.3 is 9.88 Å². The first-order valence-electron chi connectivity index (χ1n) is 9.03. The molecule has 0 saturated heterocycles. The fourth-order valence-corrected chi connectivity index (χ4v) is 3.37. The Balaban J connectivity index is 1.59. The Hall–Kier alpha value is -4.00. The summed E-state index contributed by atoms with van der Waals surface area (Å²) in [6.07, 6.45) is 0. The van der Waals surface area contributed by atoms with Crippen molar-refractivity contribution in [3.63, 3.8) is 0 Å². The van der Waals surface area contributed by atoms with Gasteiger partial charge in [-0.1, -0.05) is 18.2 Å². The minimum Gasteiger partial charge on any atom is -0.327 e. The zero-order chi connectivity index (χ0) is 20.5. The molecule has 0 aliphatic rings. The monoisotopic (exact) mass is 386 g/mol. The van der Waals surface area contributed by atoms with E-state index in [1.807, 2.05) is 48.0 Å². The lowest BCUT2D eigenvalue weighted by molar-refractivity contribution is -0.385. The van der Waals surface area contributed by atoms with Crippen LogP contribution in [0.15, 0.2) is 66.7 Å². The SMILES string of the molecule is Cc1c(C(=O)Nc2ccc(-c3nc4ccccc4n3C)cc2)cccc1[N+](=O)[O-]. The number of rotatable bonds is 4. The predicted octanol–water partition coefficient (Wildman–Crippen LogP) is 4.71. The van der Waals surface area contributed by atoms with Crippen LogP contribution >= 0.6 is 0 Å². The number of carbonyl (C=O) groups excluding carboxylic acids is 1. The maximum Gasteiger partial charge on any atom is 0.273 e. The Morgan fingerprint density at radius 2 is 1.76 bits per heavy atom. The van der Waals surface area contributed by atoms with Crippen molar-refractivity contribution in [3.05, 3.63) is 88.0 Å². The van der Waals surface area contributed by atoms with Crippen LogP contribution in [-0.2, 0) is 7.05 Å². The molecule has 1 amide bonds. The van der Waals surface area contributed by atoms with Crippen molar-refractivity contribution in [1.29, 1.82) is 0 Å².